The normalized spacial score (nSPS) is 14.9. The van der Waals surface area contributed by atoms with Crippen LogP contribution >= 0.6 is 11.8 Å². The highest BCUT2D eigenvalue weighted by molar-refractivity contribution is 7.98. The Morgan fingerprint density at radius 2 is 1.89 bits per heavy atom. The predicted molar refractivity (Wildman–Crippen MR) is 76.3 cm³/mol. The van der Waals surface area contributed by atoms with E-state index in [9.17, 15) is 0 Å². The Kier molecular flexibility index (Phi) is 3.31. The fourth-order valence-corrected chi connectivity index (χ4v) is 3.54. The van der Waals surface area contributed by atoms with Gasteiger partial charge >= 0.3 is 0 Å². The van der Waals surface area contributed by atoms with E-state index < -0.39 is 0 Å². The maximum Gasteiger partial charge on any atom is 0.209 e. The summed E-state index contributed by atoms with van der Waals surface area (Å²) in [4.78, 5) is 0. The van der Waals surface area contributed by atoms with E-state index in [0.29, 0.717) is 6.04 Å². The molecule has 19 heavy (non-hydrogen) atoms. The first-order valence-corrected chi connectivity index (χ1v) is 7.61. The summed E-state index contributed by atoms with van der Waals surface area (Å²) in [6.07, 6.45) is 2.42. The summed E-state index contributed by atoms with van der Waals surface area (Å²) in [6.45, 7) is 6.50. The van der Waals surface area contributed by atoms with Crippen molar-refractivity contribution in [2.24, 2.45) is 0 Å². The highest BCUT2D eigenvalue weighted by Gasteiger charge is 2.27. The molecule has 0 saturated heterocycles. The van der Waals surface area contributed by atoms with E-state index in [1.54, 1.807) is 11.8 Å². The highest BCUT2D eigenvalue weighted by atomic mass is 32.2. The molecule has 1 fully saturated rings. The van der Waals surface area contributed by atoms with Crippen molar-refractivity contribution >= 4 is 11.8 Å². The van der Waals surface area contributed by atoms with E-state index in [0.717, 1.165) is 10.9 Å². The molecular weight excluding hydrogens is 256 g/mol. The van der Waals surface area contributed by atoms with Crippen LogP contribution in [0.1, 0.15) is 41.1 Å². The molecule has 1 saturated carbocycles. The molecule has 0 spiro atoms. The summed E-state index contributed by atoms with van der Waals surface area (Å²) in [7, 11) is 0. The monoisotopic (exact) mass is 274 g/mol. The molecule has 1 aliphatic carbocycles. The van der Waals surface area contributed by atoms with E-state index >= 15 is 0 Å². The zero-order valence-corrected chi connectivity index (χ0v) is 12.4. The Morgan fingerprint density at radius 3 is 2.53 bits per heavy atom. The minimum absolute atomic E-state index is 0.540. The molecule has 0 bridgehead atoms. The molecule has 1 aliphatic rings. The lowest BCUT2D eigenvalue weighted by molar-refractivity contribution is 0.565. The molecule has 3 rings (SSSR count). The Bertz CT molecular complexity index is 578. The molecule has 5 heteroatoms. The number of aryl methyl sites for hydroxylation is 3. The second-order valence-electron chi connectivity index (χ2n) is 5.30. The van der Waals surface area contributed by atoms with Crippen molar-refractivity contribution in [1.29, 1.82) is 0 Å². The van der Waals surface area contributed by atoms with Crippen LogP contribution in [0.3, 0.4) is 0 Å². The van der Waals surface area contributed by atoms with Gasteiger partial charge in [0.1, 0.15) is 0 Å². The van der Waals surface area contributed by atoms with Crippen LogP contribution < -0.4 is 0 Å². The second kappa shape index (κ2) is 4.96. The van der Waals surface area contributed by atoms with Gasteiger partial charge in [-0.25, -0.2) is 4.68 Å². The zero-order valence-electron chi connectivity index (χ0n) is 11.6. The van der Waals surface area contributed by atoms with Gasteiger partial charge in [-0.15, -0.1) is 5.10 Å². The summed E-state index contributed by atoms with van der Waals surface area (Å²) in [5.74, 6) is 0.936. The largest absolute Gasteiger partial charge is 0.217 e. The van der Waals surface area contributed by atoms with Crippen molar-refractivity contribution in [3.63, 3.8) is 0 Å². The predicted octanol–water partition coefficient (Wildman–Crippen LogP) is 3.23. The first-order chi connectivity index (χ1) is 9.15. The van der Waals surface area contributed by atoms with E-state index in [1.165, 1.54) is 35.1 Å². The van der Waals surface area contributed by atoms with Gasteiger partial charge < -0.3 is 0 Å². The number of rotatable bonds is 4. The van der Waals surface area contributed by atoms with E-state index in [4.69, 9.17) is 0 Å². The minimum Gasteiger partial charge on any atom is -0.217 e. The van der Waals surface area contributed by atoms with Gasteiger partial charge in [-0.1, -0.05) is 29.5 Å². The molecule has 1 heterocycles. The SMILES string of the molecule is Cc1cc(C)c(CSc2nnnn2C2CC2)c(C)c1. The first kappa shape index (κ1) is 12.7. The lowest BCUT2D eigenvalue weighted by atomic mass is 10.0. The minimum atomic E-state index is 0.540. The molecule has 0 atom stereocenters. The Morgan fingerprint density at radius 1 is 1.21 bits per heavy atom. The third kappa shape index (κ3) is 2.66. The van der Waals surface area contributed by atoms with Gasteiger partial charge in [-0.2, -0.15) is 0 Å². The first-order valence-electron chi connectivity index (χ1n) is 6.62. The molecule has 0 amide bonds. The maximum atomic E-state index is 4.13. The van der Waals surface area contributed by atoms with Crippen LogP contribution in [0, 0.1) is 20.8 Å². The number of nitrogens with zero attached hydrogens (tertiary/aromatic N) is 4. The average molecular weight is 274 g/mol. The van der Waals surface area contributed by atoms with Crippen LogP contribution in [0.15, 0.2) is 17.3 Å². The number of hydrogen-bond acceptors (Lipinski definition) is 4. The number of aromatic nitrogens is 4. The molecule has 0 unspecified atom stereocenters. The van der Waals surface area contributed by atoms with Crippen LogP contribution in [0.4, 0.5) is 0 Å². The van der Waals surface area contributed by atoms with Gasteiger partial charge in [-0.05, 0) is 60.7 Å². The molecule has 0 radical (unpaired) electrons. The summed E-state index contributed by atoms with van der Waals surface area (Å²) in [5, 5.41) is 13.0. The van der Waals surface area contributed by atoms with Crippen molar-refractivity contribution in [2.45, 2.75) is 50.6 Å². The number of tetrazole rings is 1. The van der Waals surface area contributed by atoms with Crippen molar-refractivity contribution in [1.82, 2.24) is 20.2 Å². The van der Waals surface area contributed by atoms with Crippen molar-refractivity contribution in [3.05, 3.63) is 34.4 Å². The van der Waals surface area contributed by atoms with Gasteiger partial charge in [0.2, 0.25) is 5.16 Å². The molecule has 4 nitrogen and oxygen atoms in total. The summed E-state index contributed by atoms with van der Waals surface area (Å²) in [5.41, 5.74) is 5.44. The van der Waals surface area contributed by atoms with Crippen molar-refractivity contribution in [2.75, 3.05) is 0 Å². The zero-order chi connectivity index (χ0) is 13.4. The smallest absolute Gasteiger partial charge is 0.209 e. The Balaban J connectivity index is 1.77. The van der Waals surface area contributed by atoms with E-state index in [-0.39, 0.29) is 0 Å². The second-order valence-corrected chi connectivity index (χ2v) is 6.25. The lowest BCUT2D eigenvalue weighted by Gasteiger charge is -2.10. The fraction of sp³-hybridized carbons (Fsp3) is 0.500. The van der Waals surface area contributed by atoms with Crippen LogP contribution in [0.2, 0.25) is 0 Å². The molecule has 0 aliphatic heterocycles. The highest BCUT2D eigenvalue weighted by Crippen LogP contribution is 2.37. The molecule has 100 valence electrons. The van der Waals surface area contributed by atoms with Crippen LogP contribution in [0.25, 0.3) is 0 Å². The third-order valence-corrected chi connectivity index (χ3v) is 4.50. The Hall–Kier alpha value is -1.36. The van der Waals surface area contributed by atoms with Crippen LogP contribution in [-0.2, 0) is 5.75 Å². The number of hydrogen-bond donors (Lipinski definition) is 0. The van der Waals surface area contributed by atoms with Crippen LogP contribution in [-0.4, -0.2) is 20.2 Å². The van der Waals surface area contributed by atoms with Crippen molar-refractivity contribution < 1.29 is 0 Å². The number of benzene rings is 1. The van der Waals surface area contributed by atoms with Gasteiger partial charge in [0.05, 0.1) is 6.04 Å². The summed E-state index contributed by atoms with van der Waals surface area (Å²) in [6, 6.07) is 5.03. The van der Waals surface area contributed by atoms with E-state index in [1.807, 2.05) is 4.68 Å². The molecule has 1 aromatic heterocycles. The van der Waals surface area contributed by atoms with Crippen LogP contribution in [0.5, 0.6) is 0 Å². The Labute approximate surface area is 117 Å². The van der Waals surface area contributed by atoms with Crippen molar-refractivity contribution in [3.8, 4) is 0 Å². The fourth-order valence-electron chi connectivity index (χ4n) is 2.40. The average Bonchev–Trinajstić information content (AvgIpc) is 3.08. The van der Waals surface area contributed by atoms with Gasteiger partial charge in [0.15, 0.2) is 0 Å². The lowest BCUT2D eigenvalue weighted by Crippen LogP contribution is -2.00. The summed E-state index contributed by atoms with van der Waals surface area (Å²) < 4.78 is 1.98. The summed E-state index contributed by atoms with van der Waals surface area (Å²) >= 11 is 1.74. The van der Waals surface area contributed by atoms with E-state index in [2.05, 4.69) is 48.4 Å². The topological polar surface area (TPSA) is 43.6 Å². The van der Waals surface area contributed by atoms with Gasteiger partial charge in [0, 0.05) is 5.75 Å². The standard InChI is InChI=1S/C14H18N4S/c1-9-6-10(2)13(11(3)7-9)8-19-14-15-16-17-18(14)12-4-5-12/h6-7,12H,4-5,8H2,1-3H3. The number of thioether (sulfide) groups is 1. The maximum absolute atomic E-state index is 4.13. The molecule has 2 aromatic rings. The third-order valence-electron chi connectivity index (χ3n) is 3.54. The molecule has 1 aromatic carbocycles. The molecular formula is C14H18N4S. The molecule has 0 N–H and O–H groups in total. The van der Waals surface area contributed by atoms with Gasteiger partial charge in [-0.3, -0.25) is 0 Å². The quantitative estimate of drug-likeness (QED) is 0.803. The van der Waals surface area contributed by atoms with Gasteiger partial charge in [0.25, 0.3) is 0 Å².